The number of nitrogens with zero attached hydrogens (tertiary/aromatic N) is 6. The summed E-state index contributed by atoms with van der Waals surface area (Å²) in [7, 11) is 0. The maximum absolute atomic E-state index is 12.7. The van der Waals surface area contributed by atoms with Crippen molar-refractivity contribution in [1.82, 2.24) is 29.1 Å². The first-order valence-corrected chi connectivity index (χ1v) is 17.2. The number of hydrogen-bond donors (Lipinski definition) is 2. The normalized spacial score (nSPS) is 18.0. The lowest BCUT2D eigenvalue weighted by Crippen LogP contribution is -2.34. The molecule has 2 aromatic heterocycles. The van der Waals surface area contributed by atoms with Crippen molar-refractivity contribution in [2.24, 2.45) is 0 Å². The van der Waals surface area contributed by atoms with Gasteiger partial charge in [-0.1, -0.05) is 36.2 Å². The molecule has 14 heteroatoms. The molecule has 5 aromatic rings. The van der Waals surface area contributed by atoms with E-state index in [1.54, 1.807) is 34.0 Å². The zero-order valence-electron chi connectivity index (χ0n) is 27.5. The first kappa shape index (κ1) is 34.5. The SMILES string of the molecule is CCC(C)n1ncn(-c2ccc(NCCNc3ccc(OCCCC4COC(Cn5cncn5)(c5ccc(Cl)cc5Cl)O4)cc3)cc2)c1=O. The van der Waals surface area contributed by atoms with Gasteiger partial charge in [-0.2, -0.15) is 10.2 Å². The molecule has 12 nitrogen and oxygen atoms in total. The van der Waals surface area contributed by atoms with E-state index in [-0.39, 0.29) is 17.8 Å². The molecule has 0 amide bonds. The second-order valence-electron chi connectivity index (χ2n) is 11.9. The van der Waals surface area contributed by atoms with E-state index < -0.39 is 5.79 Å². The molecule has 0 aliphatic carbocycles. The van der Waals surface area contributed by atoms with Crippen LogP contribution in [0.2, 0.25) is 10.0 Å². The van der Waals surface area contributed by atoms with Gasteiger partial charge >= 0.3 is 5.69 Å². The maximum Gasteiger partial charge on any atom is 0.350 e. The van der Waals surface area contributed by atoms with Gasteiger partial charge in [-0.05, 0) is 86.8 Å². The minimum Gasteiger partial charge on any atom is -0.494 e. The Bertz CT molecular complexity index is 1850. The zero-order valence-corrected chi connectivity index (χ0v) is 29.0. The molecule has 0 radical (unpaired) electrons. The summed E-state index contributed by atoms with van der Waals surface area (Å²) in [5.74, 6) is -0.292. The molecule has 258 valence electrons. The molecular weight excluding hydrogens is 667 g/mol. The van der Waals surface area contributed by atoms with Gasteiger partial charge in [0.15, 0.2) is 0 Å². The summed E-state index contributed by atoms with van der Waals surface area (Å²) in [6.45, 7) is 6.74. The number of aromatic nitrogens is 6. The van der Waals surface area contributed by atoms with E-state index in [1.165, 1.54) is 11.0 Å². The smallest absolute Gasteiger partial charge is 0.350 e. The van der Waals surface area contributed by atoms with Crippen LogP contribution in [-0.2, 0) is 21.8 Å². The van der Waals surface area contributed by atoms with Crippen LogP contribution in [0.3, 0.4) is 0 Å². The minimum atomic E-state index is -1.09. The summed E-state index contributed by atoms with van der Waals surface area (Å²) in [5, 5.41) is 16.3. The molecule has 3 aromatic carbocycles. The van der Waals surface area contributed by atoms with E-state index in [9.17, 15) is 4.79 Å². The maximum atomic E-state index is 12.7. The third-order valence-corrected chi connectivity index (χ3v) is 9.01. The molecule has 1 fully saturated rings. The lowest BCUT2D eigenvalue weighted by molar-refractivity contribution is -0.189. The van der Waals surface area contributed by atoms with E-state index in [1.807, 2.05) is 68.4 Å². The summed E-state index contributed by atoms with van der Waals surface area (Å²) in [6, 6.07) is 21.0. The molecular formula is C35H40Cl2N8O4. The molecule has 0 bridgehead atoms. The van der Waals surface area contributed by atoms with Gasteiger partial charge in [-0.3, -0.25) is 0 Å². The van der Waals surface area contributed by atoms with Gasteiger partial charge in [0.2, 0.25) is 5.79 Å². The summed E-state index contributed by atoms with van der Waals surface area (Å²) in [5.41, 5.74) is 3.33. The van der Waals surface area contributed by atoms with Gasteiger partial charge in [0, 0.05) is 35.1 Å². The minimum absolute atomic E-state index is 0.0623. The molecule has 0 spiro atoms. The fourth-order valence-corrected chi connectivity index (χ4v) is 6.19. The summed E-state index contributed by atoms with van der Waals surface area (Å²) >= 11 is 12.7. The Kier molecular flexibility index (Phi) is 11.2. The predicted molar refractivity (Wildman–Crippen MR) is 190 cm³/mol. The number of anilines is 2. The van der Waals surface area contributed by atoms with Crippen molar-refractivity contribution in [2.75, 3.05) is 36.9 Å². The van der Waals surface area contributed by atoms with E-state index >= 15 is 0 Å². The van der Waals surface area contributed by atoms with Crippen LogP contribution >= 0.6 is 23.2 Å². The van der Waals surface area contributed by atoms with Crippen LogP contribution in [-0.4, -0.2) is 61.5 Å². The van der Waals surface area contributed by atoms with Crippen LogP contribution in [0.5, 0.6) is 5.75 Å². The topological polar surface area (TPSA) is 122 Å². The Labute approximate surface area is 294 Å². The summed E-state index contributed by atoms with van der Waals surface area (Å²) in [6.07, 6.45) is 6.91. The van der Waals surface area contributed by atoms with Crippen molar-refractivity contribution in [1.29, 1.82) is 0 Å². The number of benzene rings is 3. The van der Waals surface area contributed by atoms with Crippen LogP contribution in [0, 0.1) is 0 Å². The van der Waals surface area contributed by atoms with Gasteiger partial charge in [0.1, 0.15) is 31.3 Å². The predicted octanol–water partition coefficient (Wildman–Crippen LogP) is 6.55. The fraction of sp³-hybridized carbons (Fsp3) is 0.371. The Morgan fingerprint density at radius 1 is 1.00 bits per heavy atom. The molecule has 1 aliphatic rings. The summed E-state index contributed by atoms with van der Waals surface area (Å²) < 4.78 is 23.5. The van der Waals surface area contributed by atoms with Crippen LogP contribution in [0.15, 0.2) is 90.5 Å². The van der Waals surface area contributed by atoms with Crippen molar-refractivity contribution in [2.45, 2.75) is 57.6 Å². The fourth-order valence-electron chi connectivity index (χ4n) is 5.63. The molecule has 2 N–H and O–H groups in total. The average molecular weight is 708 g/mol. The third kappa shape index (κ3) is 8.45. The molecule has 1 saturated heterocycles. The first-order chi connectivity index (χ1) is 23.8. The lowest BCUT2D eigenvalue weighted by Gasteiger charge is -2.29. The molecule has 1 aliphatic heterocycles. The van der Waals surface area contributed by atoms with Gasteiger partial charge in [-0.15, -0.1) is 0 Å². The van der Waals surface area contributed by atoms with Crippen molar-refractivity contribution in [3.8, 4) is 11.4 Å². The summed E-state index contributed by atoms with van der Waals surface area (Å²) in [4.78, 5) is 16.7. The highest BCUT2D eigenvalue weighted by Gasteiger charge is 2.45. The van der Waals surface area contributed by atoms with Crippen molar-refractivity contribution >= 4 is 34.6 Å². The number of hydrogen-bond acceptors (Lipinski definition) is 9. The number of halogens is 2. The highest BCUT2D eigenvalue weighted by molar-refractivity contribution is 6.35. The standard InChI is InChI=1S/C35H40Cl2N8O4/c1-3-25(2)45-34(46)44(24-42-45)29-11-7-27(8-12-29)39-16-17-40-28-9-13-30(14-10-28)47-18-4-5-31-20-48-35(49-31,21-43-23-38-22-41-43)32-15-6-26(36)19-33(32)37/h6-15,19,22-25,31,39-40H,3-5,16-18,20-21H2,1-2H3. The van der Waals surface area contributed by atoms with Crippen LogP contribution in [0.4, 0.5) is 11.4 Å². The van der Waals surface area contributed by atoms with Gasteiger partial charge in [0.25, 0.3) is 0 Å². The largest absolute Gasteiger partial charge is 0.494 e. The van der Waals surface area contributed by atoms with Crippen molar-refractivity contribution < 1.29 is 14.2 Å². The van der Waals surface area contributed by atoms with E-state index in [0.29, 0.717) is 35.4 Å². The van der Waals surface area contributed by atoms with Gasteiger partial charge in [-0.25, -0.2) is 23.7 Å². The lowest BCUT2D eigenvalue weighted by atomic mass is 10.1. The van der Waals surface area contributed by atoms with E-state index in [0.717, 1.165) is 55.2 Å². The highest BCUT2D eigenvalue weighted by atomic mass is 35.5. The van der Waals surface area contributed by atoms with Gasteiger partial charge in [0.05, 0.1) is 36.1 Å². The highest BCUT2D eigenvalue weighted by Crippen LogP contribution is 2.41. The van der Waals surface area contributed by atoms with Crippen molar-refractivity contribution in [3.63, 3.8) is 0 Å². The molecule has 3 heterocycles. The molecule has 3 atom stereocenters. The Morgan fingerprint density at radius 2 is 1.73 bits per heavy atom. The third-order valence-electron chi connectivity index (χ3n) is 8.46. The Hall–Kier alpha value is -4.36. The number of rotatable bonds is 16. The quantitative estimate of drug-likeness (QED) is 0.110. The second kappa shape index (κ2) is 15.9. The van der Waals surface area contributed by atoms with E-state index in [2.05, 4.69) is 25.8 Å². The Balaban J connectivity index is 0.913. The number of ether oxygens (including phenoxy) is 3. The van der Waals surface area contributed by atoms with Gasteiger partial charge < -0.3 is 24.8 Å². The first-order valence-electron chi connectivity index (χ1n) is 16.4. The molecule has 49 heavy (non-hydrogen) atoms. The molecule has 0 saturated carbocycles. The molecule has 3 unspecified atom stereocenters. The van der Waals surface area contributed by atoms with Crippen molar-refractivity contribution in [3.05, 3.63) is 112 Å². The van der Waals surface area contributed by atoms with Crippen LogP contribution in [0.25, 0.3) is 5.69 Å². The molecule has 6 rings (SSSR count). The van der Waals surface area contributed by atoms with Crippen LogP contribution in [0.1, 0.15) is 44.7 Å². The monoisotopic (exact) mass is 706 g/mol. The average Bonchev–Trinajstić information content (AvgIpc) is 3.87. The zero-order chi connectivity index (χ0) is 34.2. The number of nitrogens with one attached hydrogen (secondary N) is 2. The van der Waals surface area contributed by atoms with Crippen LogP contribution < -0.4 is 21.1 Å². The van der Waals surface area contributed by atoms with E-state index in [4.69, 9.17) is 37.4 Å². The Morgan fingerprint density at radius 3 is 2.41 bits per heavy atom. The second-order valence-corrected chi connectivity index (χ2v) is 12.8.